The van der Waals surface area contributed by atoms with Crippen molar-refractivity contribution in [2.75, 3.05) is 18.8 Å². The maximum atomic E-state index is 12.6. The summed E-state index contributed by atoms with van der Waals surface area (Å²) >= 11 is 0. The van der Waals surface area contributed by atoms with Gasteiger partial charge in [0.05, 0.1) is 12.0 Å². The van der Waals surface area contributed by atoms with E-state index in [1.54, 1.807) is 6.07 Å². The van der Waals surface area contributed by atoms with Crippen LogP contribution in [0.3, 0.4) is 0 Å². The molecule has 2 aliphatic rings. The van der Waals surface area contributed by atoms with E-state index in [1.165, 1.54) is 0 Å². The van der Waals surface area contributed by atoms with Crippen molar-refractivity contribution in [2.45, 2.75) is 25.8 Å². The van der Waals surface area contributed by atoms with Crippen LogP contribution in [-0.2, 0) is 4.79 Å². The number of carbonyl (C=O) groups excluding carboxylic acids is 2. The van der Waals surface area contributed by atoms with Crippen molar-refractivity contribution >= 4 is 17.5 Å². The van der Waals surface area contributed by atoms with Gasteiger partial charge in [0.2, 0.25) is 5.91 Å². The van der Waals surface area contributed by atoms with Gasteiger partial charge in [0.1, 0.15) is 0 Å². The van der Waals surface area contributed by atoms with Gasteiger partial charge in [-0.25, -0.2) is 0 Å². The van der Waals surface area contributed by atoms with Crippen molar-refractivity contribution in [3.63, 3.8) is 0 Å². The topological polar surface area (TPSA) is 75.4 Å². The second-order valence-corrected chi connectivity index (χ2v) is 5.63. The van der Waals surface area contributed by atoms with Crippen LogP contribution in [0.15, 0.2) is 18.2 Å². The van der Waals surface area contributed by atoms with Crippen molar-refractivity contribution in [3.8, 4) is 0 Å². The number of rotatable bonds is 1. The lowest BCUT2D eigenvalue weighted by molar-refractivity contribution is -0.123. The number of benzene rings is 1. The molecule has 0 bridgehead atoms. The van der Waals surface area contributed by atoms with E-state index in [4.69, 9.17) is 5.73 Å². The number of piperidine rings is 1. The maximum Gasteiger partial charge on any atom is 0.254 e. The number of fused-ring (bicyclic) bond motifs is 1. The third kappa shape index (κ3) is 2.03. The molecule has 2 fully saturated rings. The zero-order valence-corrected chi connectivity index (χ0v) is 11.6. The van der Waals surface area contributed by atoms with E-state index in [1.807, 2.05) is 24.0 Å². The van der Waals surface area contributed by atoms with Crippen molar-refractivity contribution in [3.05, 3.63) is 29.3 Å². The number of nitrogens with one attached hydrogen (secondary N) is 1. The Morgan fingerprint density at radius 1 is 1.45 bits per heavy atom. The third-order valence-corrected chi connectivity index (χ3v) is 4.39. The van der Waals surface area contributed by atoms with Gasteiger partial charge in [-0.15, -0.1) is 0 Å². The van der Waals surface area contributed by atoms with Crippen LogP contribution in [-0.4, -0.2) is 35.8 Å². The molecule has 2 heterocycles. The Bertz CT molecular complexity index is 570. The Morgan fingerprint density at radius 3 is 3.00 bits per heavy atom. The molecule has 0 aromatic heterocycles. The molecule has 2 unspecified atom stereocenters. The van der Waals surface area contributed by atoms with Gasteiger partial charge in [-0.1, -0.05) is 6.07 Å². The van der Waals surface area contributed by atoms with Crippen molar-refractivity contribution in [1.82, 2.24) is 10.2 Å². The van der Waals surface area contributed by atoms with Crippen LogP contribution in [0.4, 0.5) is 5.69 Å². The summed E-state index contributed by atoms with van der Waals surface area (Å²) < 4.78 is 0. The summed E-state index contributed by atoms with van der Waals surface area (Å²) in [5.74, 6) is 0.00863. The summed E-state index contributed by atoms with van der Waals surface area (Å²) in [5.41, 5.74) is 8.08. The number of hydrogen-bond acceptors (Lipinski definition) is 3. The lowest BCUT2D eigenvalue weighted by atomic mass is 9.91. The normalized spacial score (nSPS) is 25.2. The molecule has 2 saturated heterocycles. The molecule has 0 saturated carbocycles. The minimum atomic E-state index is -0.0458. The first-order valence-electron chi connectivity index (χ1n) is 7.03. The highest BCUT2D eigenvalue weighted by atomic mass is 16.2. The number of likely N-dealkylation sites (tertiary alicyclic amines) is 1. The fourth-order valence-electron chi connectivity index (χ4n) is 3.14. The van der Waals surface area contributed by atoms with Gasteiger partial charge in [0.25, 0.3) is 5.91 Å². The highest BCUT2D eigenvalue weighted by Crippen LogP contribution is 2.29. The average Bonchev–Trinajstić information content (AvgIpc) is 2.83. The second kappa shape index (κ2) is 4.81. The smallest absolute Gasteiger partial charge is 0.254 e. The number of nitrogens with two attached hydrogens (primary N) is 1. The lowest BCUT2D eigenvalue weighted by Crippen LogP contribution is -2.48. The average molecular weight is 273 g/mol. The van der Waals surface area contributed by atoms with E-state index in [2.05, 4.69) is 5.32 Å². The van der Waals surface area contributed by atoms with Crippen LogP contribution in [0.2, 0.25) is 0 Å². The minimum absolute atomic E-state index is 0.00808. The molecule has 2 atom stereocenters. The number of amides is 2. The van der Waals surface area contributed by atoms with E-state index < -0.39 is 0 Å². The van der Waals surface area contributed by atoms with Gasteiger partial charge >= 0.3 is 0 Å². The standard InChI is InChI=1S/C15H19N3O2/c1-9-4-5-10(7-12(9)16)15(20)18-6-2-3-11-13(18)8-17-14(11)19/h4-5,7,11,13H,2-3,6,8,16H2,1H3,(H,17,19). The SMILES string of the molecule is Cc1ccc(C(=O)N2CCCC3C(=O)NCC32)cc1N. The van der Waals surface area contributed by atoms with Gasteiger partial charge in [-0.3, -0.25) is 9.59 Å². The predicted octanol–water partition coefficient (Wildman–Crippen LogP) is 0.928. The summed E-state index contributed by atoms with van der Waals surface area (Å²) in [5, 5.41) is 2.86. The van der Waals surface area contributed by atoms with Gasteiger partial charge in [-0.2, -0.15) is 0 Å². The molecular weight excluding hydrogens is 254 g/mol. The van der Waals surface area contributed by atoms with Crippen LogP contribution >= 0.6 is 0 Å². The van der Waals surface area contributed by atoms with Crippen molar-refractivity contribution in [1.29, 1.82) is 0 Å². The number of nitrogen functional groups attached to an aromatic ring is 1. The number of anilines is 1. The molecule has 3 N–H and O–H groups in total. The fraction of sp³-hybridized carbons (Fsp3) is 0.467. The minimum Gasteiger partial charge on any atom is -0.398 e. The van der Waals surface area contributed by atoms with Crippen molar-refractivity contribution < 1.29 is 9.59 Å². The molecule has 0 spiro atoms. The van der Waals surface area contributed by atoms with Crippen LogP contribution in [0.1, 0.15) is 28.8 Å². The Morgan fingerprint density at radius 2 is 2.25 bits per heavy atom. The zero-order chi connectivity index (χ0) is 14.3. The monoisotopic (exact) mass is 273 g/mol. The lowest BCUT2D eigenvalue weighted by Gasteiger charge is -2.36. The van der Waals surface area contributed by atoms with E-state index in [0.29, 0.717) is 24.3 Å². The van der Waals surface area contributed by atoms with E-state index in [9.17, 15) is 9.59 Å². The third-order valence-electron chi connectivity index (χ3n) is 4.39. The maximum absolute atomic E-state index is 12.6. The molecular formula is C15H19N3O2. The number of hydrogen-bond donors (Lipinski definition) is 2. The predicted molar refractivity (Wildman–Crippen MR) is 76.1 cm³/mol. The molecule has 3 rings (SSSR count). The molecule has 1 aromatic carbocycles. The first-order valence-corrected chi connectivity index (χ1v) is 7.03. The first kappa shape index (κ1) is 13.0. The van der Waals surface area contributed by atoms with Gasteiger partial charge < -0.3 is 16.0 Å². The Kier molecular flexibility index (Phi) is 3.12. The highest BCUT2D eigenvalue weighted by Gasteiger charge is 2.42. The molecule has 5 nitrogen and oxygen atoms in total. The molecule has 20 heavy (non-hydrogen) atoms. The van der Waals surface area contributed by atoms with Crippen molar-refractivity contribution in [2.24, 2.45) is 5.92 Å². The molecule has 2 aliphatic heterocycles. The summed E-state index contributed by atoms with van der Waals surface area (Å²) in [6.07, 6.45) is 1.75. The fourth-order valence-corrected chi connectivity index (χ4v) is 3.14. The summed E-state index contributed by atoms with van der Waals surface area (Å²) in [4.78, 5) is 26.2. The van der Waals surface area contributed by atoms with E-state index >= 15 is 0 Å². The highest BCUT2D eigenvalue weighted by molar-refractivity contribution is 5.96. The Balaban J connectivity index is 1.86. The molecule has 2 amide bonds. The number of nitrogens with zero attached hydrogens (tertiary/aromatic N) is 1. The van der Waals surface area contributed by atoms with Crippen LogP contribution in [0, 0.1) is 12.8 Å². The second-order valence-electron chi connectivity index (χ2n) is 5.63. The molecule has 1 aromatic rings. The first-order chi connectivity index (χ1) is 9.58. The van der Waals surface area contributed by atoms with Gasteiger partial charge in [0.15, 0.2) is 0 Å². The van der Waals surface area contributed by atoms with Crippen LogP contribution in [0.25, 0.3) is 0 Å². The van der Waals surface area contributed by atoms with Gasteiger partial charge in [0, 0.05) is 24.3 Å². The zero-order valence-electron chi connectivity index (χ0n) is 11.6. The number of carbonyl (C=O) groups is 2. The number of aryl methyl sites for hydroxylation is 1. The van der Waals surface area contributed by atoms with E-state index in [0.717, 1.165) is 18.4 Å². The molecule has 5 heteroatoms. The molecule has 0 radical (unpaired) electrons. The van der Waals surface area contributed by atoms with Gasteiger partial charge in [-0.05, 0) is 37.5 Å². The summed E-state index contributed by atoms with van der Waals surface area (Å²) in [6.45, 7) is 3.19. The van der Waals surface area contributed by atoms with Crippen LogP contribution < -0.4 is 11.1 Å². The van der Waals surface area contributed by atoms with Crippen LogP contribution in [0.5, 0.6) is 0 Å². The van der Waals surface area contributed by atoms with E-state index in [-0.39, 0.29) is 23.8 Å². The Hall–Kier alpha value is -2.04. The summed E-state index contributed by atoms with van der Waals surface area (Å²) in [6, 6.07) is 5.39. The summed E-state index contributed by atoms with van der Waals surface area (Å²) in [7, 11) is 0. The largest absolute Gasteiger partial charge is 0.398 e. The molecule has 106 valence electrons. The quantitative estimate of drug-likeness (QED) is 0.747. The Labute approximate surface area is 118 Å². The molecule has 0 aliphatic carbocycles.